The van der Waals surface area contributed by atoms with Crippen LogP contribution in [-0.4, -0.2) is 16.4 Å². The molecular weight excluding hydrogens is 292 g/mol. The van der Waals surface area contributed by atoms with Crippen molar-refractivity contribution < 1.29 is 4.74 Å². The molecule has 0 amide bonds. The van der Waals surface area contributed by atoms with E-state index in [1.54, 1.807) is 0 Å². The Kier molecular flexibility index (Phi) is 3.16. The normalized spacial score (nSPS) is 20.5. The Bertz CT molecular complexity index is 585. The molecule has 0 bridgehead atoms. The summed E-state index contributed by atoms with van der Waals surface area (Å²) in [5.74, 6) is 0. The molecular formula is C14H17BrN2O. The molecule has 3 nitrogen and oxygen atoms in total. The van der Waals surface area contributed by atoms with E-state index in [1.165, 1.54) is 17.4 Å². The predicted molar refractivity (Wildman–Crippen MR) is 75.7 cm³/mol. The minimum absolute atomic E-state index is 0.101. The van der Waals surface area contributed by atoms with Gasteiger partial charge in [-0.05, 0) is 60.7 Å². The van der Waals surface area contributed by atoms with Gasteiger partial charge in [-0.3, -0.25) is 0 Å². The molecule has 4 heteroatoms. The first kappa shape index (κ1) is 12.2. The summed E-state index contributed by atoms with van der Waals surface area (Å²) in [6.45, 7) is 5.02. The van der Waals surface area contributed by atoms with E-state index in [0.29, 0.717) is 0 Å². The van der Waals surface area contributed by atoms with Crippen molar-refractivity contribution in [2.45, 2.75) is 39.3 Å². The fraction of sp³-hybridized carbons (Fsp3) is 0.500. The molecule has 3 rings (SSSR count). The first-order valence-corrected chi connectivity index (χ1v) is 7.23. The lowest BCUT2D eigenvalue weighted by Gasteiger charge is -2.23. The molecule has 2 aromatic rings. The Morgan fingerprint density at radius 2 is 2.17 bits per heavy atom. The van der Waals surface area contributed by atoms with Crippen molar-refractivity contribution in [2.75, 3.05) is 6.61 Å². The molecule has 1 fully saturated rings. The number of nitrogens with zero attached hydrogens (tertiary/aromatic N) is 2. The Morgan fingerprint density at radius 3 is 2.89 bits per heavy atom. The van der Waals surface area contributed by atoms with E-state index in [1.807, 2.05) is 4.68 Å². The number of hydrogen-bond donors (Lipinski definition) is 0. The molecule has 1 aromatic heterocycles. The van der Waals surface area contributed by atoms with Gasteiger partial charge in [-0.15, -0.1) is 0 Å². The van der Waals surface area contributed by atoms with E-state index in [4.69, 9.17) is 4.74 Å². The van der Waals surface area contributed by atoms with E-state index in [2.05, 4.69) is 47.0 Å². The van der Waals surface area contributed by atoms with Crippen LogP contribution < -0.4 is 0 Å². The molecule has 18 heavy (non-hydrogen) atoms. The van der Waals surface area contributed by atoms with Crippen LogP contribution in [0.3, 0.4) is 0 Å². The highest BCUT2D eigenvalue weighted by atomic mass is 79.9. The second-order valence-electron chi connectivity index (χ2n) is 4.94. The third-order valence-corrected chi connectivity index (χ3v) is 4.63. The molecule has 0 saturated carbocycles. The van der Waals surface area contributed by atoms with Crippen molar-refractivity contribution in [2.24, 2.45) is 0 Å². The second-order valence-corrected chi connectivity index (χ2v) is 5.73. The van der Waals surface area contributed by atoms with E-state index in [0.717, 1.165) is 35.1 Å². The maximum Gasteiger partial charge on any atom is 0.150 e. The number of ether oxygens (including phenoxy) is 1. The maximum atomic E-state index is 5.84. The highest BCUT2D eigenvalue weighted by Gasteiger charge is 2.21. The number of aromatic nitrogens is 2. The van der Waals surface area contributed by atoms with Crippen LogP contribution in [0.15, 0.2) is 16.6 Å². The summed E-state index contributed by atoms with van der Waals surface area (Å²) in [7, 11) is 0. The van der Waals surface area contributed by atoms with Gasteiger partial charge in [0.05, 0.1) is 11.2 Å². The van der Waals surface area contributed by atoms with Gasteiger partial charge >= 0.3 is 0 Å². The van der Waals surface area contributed by atoms with Crippen LogP contribution in [0.2, 0.25) is 0 Å². The number of rotatable bonds is 1. The smallest absolute Gasteiger partial charge is 0.150 e. The summed E-state index contributed by atoms with van der Waals surface area (Å²) < 4.78 is 9.04. The van der Waals surface area contributed by atoms with Gasteiger partial charge in [0.2, 0.25) is 0 Å². The van der Waals surface area contributed by atoms with Gasteiger partial charge in [-0.1, -0.05) is 6.07 Å². The van der Waals surface area contributed by atoms with E-state index in [-0.39, 0.29) is 6.23 Å². The Hall–Kier alpha value is -0.870. The zero-order valence-corrected chi connectivity index (χ0v) is 12.3. The summed E-state index contributed by atoms with van der Waals surface area (Å²) in [4.78, 5) is 0. The van der Waals surface area contributed by atoms with Crippen molar-refractivity contribution >= 4 is 26.8 Å². The van der Waals surface area contributed by atoms with E-state index < -0.39 is 0 Å². The van der Waals surface area contributed by atoms with Crippen LogP contribution in [-0.2, 0) is 4.74 Å². The van der Waals surface area contributed by atoms with Crippen LogP contribution >= 0.6 is 15.9 Å². The first-order chi connectivity index (χ1) is 8.68. The third kappa shape index (κ3) is 1.88. The van der Waals surface area contributed by atoms with Crippen molar-refractivity contribution in [3.05, 3.63) is 27.9 Å². The fourth-order valence-corrected chi connectivity index (χ4v) is 3.23. The molecule has 1 saturated heterocycles. The van der Waals surface area contributed by atoms with Crippen molar-refractivity contribution in [1.82, 2.24) is 9.78 Å². The molecule has 96 valence electrons. The average Bonchev–Trinajstić information content (AvgIpc) is 2.73. The Balaban J connectivity index is 2.16. The topological polar surface area (TPSA) is 27.1 Å². The fourth-order valence-electron chi connectivity index (χ4n) is 2.61. The predicted octanol–water partition coefficient (Wildman–Crippen LogP) is 4.11. The Labute approximate surface area is 115 Å². The zero-order valence-electron chi connectivity index (χ0n) is 10.7. The van der Waals surface area contributed by atoms with Gasteiger partial charge in [0.1, 0.15) is 0 Å². The largest absolute Gasteiger partial charge is 0.356 e. The van der Waals surface area contributed by atoms with Crippen LogP contribution in [0.4, 0.5) is 0 Å². The quantitative estimate of drug-likeness (QED) is 0.792. The molecule has 1 aromatic carbocycles. The summed E-state index contributed by atoms with van der Waals surface area (Å²) in [6.07, 6.45) is 3.54. The lowest BCUT2D eigenvalue weighted by atomic mass is 10.1. The van der Waals surface area contributed by atoms with Gasteiger partial charge in [0.15, 0.2) is 6.23 Å². The van der Waals surface area contributed by atoms with Gasteiger partial charge in [0, 0.05) is 16.5 Å². The maximum absolute atomic E-state index is 5.84. The van der Waals surface area contributed by atoms with Crippen molar-refractivity contribution in [3.63, 3.8) is 0 Å². The highest BCUT2D eigenvalue weighted by molar-refractivity contribution is 9.10. The molecule has 0 N–H and O–H groups in total. The molecule has 1 aliphatic rings. The molecule has 0 spiro atoms. The molecule has 1 atom stereocenters. The molecule has 1 aliphatic heterocycles. The average molecular weight is 309 g/mol. The number of aryl methyl sites for hydroxylation is 2. The monoisotopic (exact) mass is 308 g/mol. The van der Waals surface area contributed by atoms with E-state index >= 15 is 0 Å². The standard InChI is InChI=1S/C14H17BrN2O/c1-9-6-7-11-13(14(9)15)10(2)16-17(11)12-5-3-4-8-18-12/h6-7,12H,3-5,8H2,1-2H3. The van der Waals surface area contributed by atoms with E-state index in [9.17, 15) is 0 Å². The number of halogens is 1. The van der Waals surface area contributed by atoms with Crippen LogP contribution in [0.1, 0.15) is 36.7 Å². The van der Waals surface area contributed by atoms with Crippen LogP contribution in [0, 0.1) is 13.8 Å². The zero-order chi connectivity index (χ0) is 12.7. The minimum atomic E-state index is 0.101. The Morgan fingerprint density at radius 1 is 1.33 bits per heavy atom. The van der Waals surface area contributed by atoms with Crippen LogP contribution in [0.25, 0.3) is 10.9 Å². The highest BCUT2D eigenvalue weighted by Crippen LogP contribution is 2.33. The molecule has 2 heterocycles. The van der Waals surface area contributed by atoms with Gasteiger partial charge < -0.3 is 4.74 Å². The van der Waals surface area contributed by atoms with Crippen molar-refractivity contribution in [1.29, 1.82) is 0 Å². The van der Waals surface area contributed by atoms with Crippen LogP contribution in [0.5, 0.6) is 0 Å². The molecule has 0 radical (unpaired) electrons. The van der Waals surface area contributed by atoms with Gasteiger partial charge in [-0.2, -0.15) is 5.10 Å². The molecule has 1 unspecified atom stereocenters. The lowest BCUT2D eigenvalue weighted by molar-refractivity contribution is -0.0368. The van der Waals surface area contributed by atoms with Crippen molar-refractivity contribution in [3.8, 4) is 0 Å². The summed E-state index contributed by atoms with van der Waals surface area (Å²) in [5.41, 5.74) is 3.47. The lowest BCUT2D eigenvalue weighted by Crippen LogP contribution is -2.19. The summed E-state index contributed by atoms with van der Waals surface area (Å²) in [6, 6.07) is 4.28. The first-order valence-electron chi connectivity index (χ1n) is 6.44. The van der Waals surface area contributed by atoms with Gasteiger partial charge in [0.25, 0.3) is 0 Å². The molecule has 0 aliphatic carbocycles. The summed E-state index contributed by atoms with van der Waals surface area (Å²) >= 11 is 3.67. The second kappa shape index (κ2) is 4.67. The minimum Gasteiger partial charge on any atom is -0.356 e. The SMILES string of the molecule is Cc1ccc2c(c(C)nn2C2CCCCO2)c1Br. The van der Waals surface area contributed by atoms with Gasteiger partial charge in [-0.25, -0.2) is 4.68 Å². The number of fused-ring (bicyclic) bond motifs is 1. The number of hydrogen-bond acceptors (Lipinski definition) is 2. The summed E-state index contributed by atoms with van der Waals surface area (Å²) in [5, 5.41) is 5.89. The number of benzene rings is 1. The third-order valence-electron chi connectivity index (χ3n) is 3.61.